The maximum atomic E-state index is 13.3. The minimum absolute atomic E-state index is 0.000357. The van der Waals surface area contributed by atoms with Gasteiger partial charge in [0.2, 0.25) is 0 Å². The Hall–Kier alpha value is -4.45. The molecule has 1 heterocycles. The molecular weight excluding hydrogens is 442 g/mol. The van der Waals surface area contributed by atoms with Crippen molar-refractivity contribution in [3.8, 4) is 11.3 Å². The minimum atomic E-state index is -0.431. The smallest absolute Gasteiger partial charge is 0.335 e. The lowest BCUT2D eigenvalue weighted by Gasteiger charge is -2.16. The summed E-state index contributed by atoms with van der Waals surface area (Å²) in [7, 11) is 1.39. The monoisotopic (exact) mass is 465 g/mol. The van der Waals surface area contributed by atoms with Crippen LogP contribution in [0.15, 0.2) is 88.9 Å². The summed E-state index contributed by atoms with van der Waals surface area (Å²) in [6, 6.07) is 24.1. The topological polar surface area (TPSA) is 82.6 Å². The molecular formula is C29H23NO5. The zero-order chi connectivity index (χ0) is 24.7. The minimum Gasteiger partial charge on any atom is -0.466 e. The number of hydrogen-bond acceptors (Lipinski definition) is 5. The van der Waals surface area contributed by atoms with Crippen molar-refractivity contribution in [1.29, 1.82) is 0 Å². The summed E-state index contributed by atoms with van der Waals surface area (Å²) in [4.78, 5) is 24.1. The van der Waals surface area contributed by atoms with Crippen LogP contribution in [0.1, 0.15) is 39.5 Å². The van der Waals surface area contributed by atoms with Crippen LogP contribution in [0.25, 0.3) is 16.9 Å². The Labute approximate surface area is 202 Å². The van der Waals surface area contributed by atoms with Crippen molar-refractivity contribution in [2.75, 3.05) is 7.11 Å². The van der Waals surface area contributed by atoms with Gasteiger partial charge in [0.25, 0.3) is 5.69 Å². The normalized spacial score (nSPS) is 14.7. The van der Waals surface area contributed by atoms with Gasteiger partial charge in [0.15, 0.2) is 0 Å². The van der Waals surface area contributed by atoms with Crippen LogP contribution < -0.4 is 0 Å². The summed E-state index contributed by atoms with van der Waals surface area (Å²) in [6.07, 6.45) is 0. The third-order valence-electron chi connectivity index (χ3n) is 6.45. The van der Waals surface area contributed by atoms with Gasteiger partial charge < -0.3 is 9.15 Å². The number of rotatable bonds is 5. The van der Waals surface area contributed by atoms with Crippen LogP contribution >= 0.6 is 0 Å². The first-order chi connectivity index (χ1) is 16.9. The molecule has 6 heteroatoms. The van der Waals surface area contributed by atoms with Gasteiger partial charge in [-0.05, 0) is 37.1 Å². The molecule has 0 radical (unpaired) electrons. The summed E-state index contributed by atoms with van der Waals surface area (Å²) in [5.74, 6) is 0.485. The number of nitro groups is 1. The van der Waals surface area contributed by atoms with E-state index in [2.05, 4.69) is 0 Å². The molecule has 1 aliphatic rings. The number of non-ortho nitro benzene ring substituents is 1. The van der Waals surface area contributed by atoms with Crippen molar-refractivity contribution in [1.82, 2.24) is 0 Å². The fourth-order valence-corrected chi connectivity index (χ4v) is 4.84. The Morgan fingerprint density at radius 1 is 0.914 bits per heavy atom. The molecule has 0 N–H and O–H groups in total. The van der Waals surface area contributed by atoms with Gasteiger partial charge in [0.05, 0.1) is 17.6 Å². The number of benzene rings is 3. The molecule has 1 unspecified atom stereocenters. The third-order valence-corrected chi connectivity index (χ3v) is 6.45. The zero-order valence-electron chi connectivity index (χ0n) is 19.6. The fraction of sp³-hybridized carbons (Fsp3) is 0.138. The summed E-state index contributed by atoms with van der Waals surface area (Å²) in [6.45, 7) is 3.90. The first-order valence-electron chi connectivity index (χ1n) is 11.2. The first kappa shape index (κ1) is 22.3. The molecule has 0 amide bonds. The lowest BCUT2D eigenvalue weighted by Crippen LogP contribution is -2.13. The maximum absolute atomic E-state index is 13.3. The van der Waals surface area contributed by atoms with E-state index in [1.807, 2.05) is 68.4 Å². The van der Waals surface area contributed by atoms with Gasteiger partial charge in [0, 0.05) is 40.3 Å². The Kier molecular flexibility index (Phi) is 5.57. The summed E-state index contributed by atoms with van der Waals surface area (Å²) < 4.78 is 11.6. The van der Waals surface area contributed by atoms with Crippen LogP contribution in [-0.2, 0) is 9.53 Å². The van der Waals surface area contributed by atoms with Gasteiger partial charge in [-0.2, -0.15) is 0 Å². The van der Waals surface area contributed by atoms with E-state index in [1.54, 1.807) is 12.1 Å². The molecule has 35 heavy (non-hydrogen) atoms. The highest BCUT2D eigenvalue weighted by Gasteiger charge is 2.42. The molecule has 0 aliphatic heterocycles. The van der Waals surface area contributed by atoms with E-state index in [-0.39, 0.29) is 11.6 Å². The van der Waals surface area contributed by atoms with Crippen LogP contribution in [0.3, 0.4) is 0 Å². The first-order valence-corrected chi connectivity index (χ1v) is 11.2. The van der Waals surface area contributed by atoms with Gasteiger partial charge in [0.1, 0.15) is 11.5 Å². The van der Waals surface area contributed by atoms with E-state index < -0.39 is 10.9 Å². The van der Waals surface area contributed by atoms with Crippen molar-refractivity contribution < 1.29 is 18.9 Å². The van der Waals surface area contributed by atoms with Crippen molar-refractivity contribution in [3.63, 3.8) is 0 Å². The molecule has 0 bridgehead atoms. The summed E-state index contributed by atoms with van der Waals surface area (Å²) >= 11 is 0. The molecule has 0 saturated heterocycles. The number of furan rings is 1. The predicted molar refractivity (Wildman–Crippen MR) is 133 cm³/mol. The van der Waals surface area contributed by atoms with Gasteiger partial charge in [-0.25, -0.2) is 4.79 Å². The zero-order valence-corrected chi connectivity index (χ0v) is 19.6. The lowest BCUT2D eigenvalue weighted by atomic mass is 9.88. The van der Waals surface area contributed by atoms with Crippen LogP contribution in [0.5, 0.6) is 0 Å². The van der Waals surface area contributed by atoms with E-state index in [4.69, 9.17) is 9.15 Å². The SMILES string of the molecule is COC(=O)C1=C(c2ccc(C)cc2)c2c(-c3ccc([N+](=O)[O-])cc3)oc(C)c2C1c1ccccc1. The van der Waals surface area contributed by atoms with Gasteiger partial charge in [-0.1, -0.05) is 60.2 Å². The standard InChI is InChI=1S/C29H23NO5/c1-17-9-11-20(12-10-17)25-26-23(24(27(25)29(31)34-3)19-7-5-4-6-8-19)18(2)35-28(26)21-13-15-22(16-14-21)30(32)33/h4-16,24H,1-3H3. The van der Waals surface area contributed by atoms with E-state index in [1.165, 1.54) is 19.2 Å². The molecule has 0 fully saturated rings. The van der Waals surface area contributed by atoms with Gasteiger partial charge >= 0.3 is 5.97 Å². The molecule has 0 spiro atoms. The third kappa shape index (κ3) is 3.73. The fourth-order valence-electron chi connectivity index (χ4n) is 4.84. The average molecular weight is 466 g/mol. The Morgan fingerprint density at radius 2 is 1.54 bits per heavy atom. The van der Waals surface area contributed by atoms with Crippen molar-refractivity contribution in [3.05, 3.63) is 128 Å². The van der Waals surface area contributed by atoms with Crippen molar-refractivity contribution in [2.24, 2.45) is 0 Å². The Balaban J connectivity index is 1.84. The highest BCUT2D eigenvalue weighted by Crippen LogP contribution is 2.54. The number of ether oxygens (including phenoxy) is 1. The number of methoxy groups -OCH3 is 1. The number of hydrogen-bond donors (Lipinski definition) is 0. The van der Waals surface area contributed by atoms with E-state index in [9.17, 15) is 14.9 Å². The molecule has 3 aromatic carbocycles. The quantitative estimate of drug-likeness (QED) is 0.189. The predicted octanol–water partition coefficient (Wildman–Crippen LogP) is 6.59. The Morgan fingerprint density at radius 3 is 2.14 bits per heavy atom. The number of esters is 1. The second-order valence-corrected chi connectivity index (χ2v) is 8.57. The summed E-state index contributed by atoms with van der Waals surface area (Å²) in [5.41, 5.74) is 6.65. The molecule has 1 atom stereocenters. The second kappa shape index (κ2) is 8.72. The number of nitro benzene ring substituents is 1. The number of carbonyl (C=O) groups is 1. The molecule has 1 aliphatic carbocycles. The van der Waals surface area contributed by atoms with E-state index >= 15 is 0 Å². The lowest BCUT2D eigenvalue weighted by molar-refractivity contribution is -0.384. The Bertz CT molecular complexity index is 1460. The molecule has 174 valence electrons. The number of aryl methyl sites for hydroxylation is 2. The van der Waals surface area contributed by atoms with Crippen LogP contribution in [0.2, 0.25) is 0 Å². The number of carbonyl (C=O) groups excluding carboxylic acids is 1. The molecule has 6 nitrogen and oxygen atoms in total. The van der Waals surface area contributed by atoms with Gasteiger partial charge in [-0.15, -0.1) is 0 Å². The van der Waals surface area contributed by atoms with E-state index in [0.717, 1.165) is 33.4 Å². The van der Waals surface area contributed by atoms with Crippen molar-refractivity contribution in [2.45, 2.75) is 19.8 Å². The van der Waals surface area contributed by atoms with Gasteiger partial charge in [-0.3, -0.25) is 10.1 Å². The molecule has 5 rings (SSSR count). The van der Waals surface area contributed by atoms with Crippen LogP contribution in [0.4, 0.5) is 5.69 Å². The largest absolute Gasteiger partial charge is 0.466 e. The van der Waals surface area contributed by atoms with Crippen molar-refractivity contribution >= 4 is 17.2 Å². The number of nitrogens with zero attached hydrogens (tertiary/aromatic N) is 1. The summed E-state index contributed by atoms with van der Waals surface area (Å²) in [5, 5.41) is 11.2. The molecule has 0 saturated carbocycles. The number of fused-ring (bicyclic) bond motifs is 1. The molecule has 1 aromatic heterocycles. The van der Waals surface area contributed by atoms with E-state index in [0.29, 0.717) is 22.7 Å². The van der Waals surface area contributed by atoms with Crippen LogP contribution in [0, 0.1) is 24.0 Å². The highest BCUT2D eigenvalue weighted by molar-refractivity contribution is 6.09. The van der Waals surface area contributed by atoms with Crippen LogP contribution in [-0.4, -0.2) is 18.0 Å². The second-order valence-electron chi connectivity index (χ2n) is 8.57. The highest BCUT2D eigenvalue weighted by atomic mass is 16.6. The average Bonchev–Trinajstić information content (AvgIpc) is 3.40. The maximum Gasteiger partial charge on any atom is 0.335 e. The molecule has 4 aromatic rings.